The minimum Gasteiger partial charge on any atom is -0.338 e. The molecule has 0 spiro atoms. The Morgan fingerprint density at radius 2 is 1.86 bits per heavy atom. The number of imidazole rings is 1. The van der Waals surface area contributed by atoms with Crippen LogP contribution < -0.4 is 0 Å². The number of rotatable bonds is 3. The number of halogens is 1. The number of H-pyrrole nitrogens is 1. The molecule has 2 saturated heterocycles. The zero-order chi connectivity index (χ0) is 20.0. The number of fused-ring (bicyclic) bond motifs is 1. The molecule has 0 radical (unpaired) electrons. The molecular weight excluding hydrogens is 384 g/mol. The number of carbonyl (C=O) groups is 1. The lowest BCUT2D eigenvalue weighted by atomic mass is 10.1. The van der Waals surface area contributed by atoms with Crippen molar-refractivity contribution in [3.05, 3.63) is 53.1 Å². The van der Waals surface area contributed by atoms with Crippen molar-refractivity contribution >= 4 is 28.5 Å². The number of hydrogen-bond donors (Lipinski definition) is 1. The van der Waals surface area contributed by atoms with Crippen LogP contribution in [0.3, 0.4) is 0 Å². The summed E-state index contributed by atoms with van der Waals surface area (Å²) in [7, 11) is 0. The van der Waals surface area contributed by atoms with Gasteiger partial charge < -0.3 is 9.88 Å². The van der Waals surface area contributed by atoms with Crippen molar-refractivity contribution < 1.29 is 4.79 Å². The van der Waals surface area contributed by atoms with Gasteiger partial charge in [-0.2, -0.15) is 0 Å². The summed E-state index contributed by atoms with van der Waals surface area (Å²) < 4.78 is 0. The average molecular weight is 409 g/mol. The van der Waals surface area contributed by atoms with Gasteiger partial charge in [-0.3, -0.25) is 9.69 Å². The molecule has 0 saturated carbocycles. The second-order valence-electron chi connectivity index (χ2n) is 8.16. The van der Waals surface area contributed by atoms with E-state index in [1.54, 1.807) is 0 Å². The molecule has 1 N–H and O–H groups in total. The molecule has 3 heterocycles. The summed E-state index contributed by atoms with van der Waals surface area (Å²) in [6.07, 6.45) is 3.63. The van der Waals surface area contributed by atoms with E-state index in [-0.39, 0.29) is 11.9 Å². The molecular formula is C23H25ClN4O. The third-order valence-electron chi connectivity index (χ3n) is 6.43. The van der Waals surface area contributed by atoms with E-state index in [0.29, 0.717) is 11.1 Å². The minimum absolute atomic E-state index is 0.115. The third kappa shape index (κ3) is 3.43. The fraction of sp³-hybridized carbons (Fsp3) is 0.391. The molecule has 2 aliphatic heterocycles. The van der Waals surface area contributed by atoms with Crippen LogP contribution in [0.25, 0.3) is 22.4 Å². The Kier molecular flexibility index (Phi) is 4.80. The predicted octanol–water partition coefficient (Wildman–Crippen LogP) is 4.58. The van der Waals surface area contributed by atoms with Crippen molar-refractivity contribution in [1.82, 2.24) is 19.8 Å². The number of carbonyl (C=O) groups excluding carboxylic acids is 1. The van der Waals surface area contributed by atoms with E-state index in [1.165, 1.54) is 25.9 Å². The number of likely N-dealkylation sites (tertiary alicyclic amines) is 2. The number of benzene rings is 2. The number of aromatic nitrogens is 2. The highest BCUT2D eigenvalue weighted by Crippen LogP contribution is 2.28. The van der Waals surface area contributed by atoms with Crippen LogP contribution in [0, 0.1) is 0 Å². The molecule has 6 heteroatoms. The first-order valence-electron chi connectivity index (χ1n) is 10.4. The van der Waals surface area contributed by atoms with Crippen molar-refractivity contribution in [2.45, 2.75) is 38.3 Å². The van der Waals surface area contributed by atoms with Gasteiger partial charge in [-0.05, 0) is 81.7 Å². The first-order chi connectivity index (χ1) is 14.1. The largest absolute Gasteiger partial charge is 0.338 e. The van der Waals surface area contributed by atoms with Crippen molar-refractivity contribution in [2.24, 2.45) is 0 Å². The highest BCUT2D eigenvalue weighted by molar-refractivity contribution is 6.30. The third-order valence-corrected chi connectivity index (χ3v) is 6.68. The van der Waals surface area contributed by atoms with Crippen molar-refractivity contribution in [3.63, 3.8) is 0 Å². The van der Waals surface area contributed by atoms with E-state index in [9.17, 15) is 4.79 Å². The van der Waals surface area contributed by atoms with E-state index in [0.717, 1.165) is 41.0 Å². The summed E-state index contributed by atoms with van der Waals surface area (Å²) in [5, 5.41) is 0.699. The van der Waals surface area contributed by atoms with Gasteiger partial charge in [-0.15, -0.1) is 0 Å². The average Bonchev–Trinajstić information content (AvgIpc) is 3.46. The number of nitrogens with one attached hydrogen (secondary N) is 1. The van der Waals surface area contributed by atoms with Crippen LogP contribution in [0.2, 0.25) is 5.02 Å². The summed E-state index contributed by atoms with van der Waals surface area (Å²) >= 11 is 5.98. The van der Waals surface area contributed by atoms with E-state index in [2.05, 4.69) is 21.8 Å². The van der Waals surface area contributed by atoms with Crippen LogP contribution in [0.1, 0.15) is 36.5 Å². The van der Waals surface area contributed by atoms with Crippen LogP contribution in [0.15, 0.2) is 42.5 Å². The van der Waals surface area contributed by atoms with Crippen LogP contribution >= 0.6 is 11.6 Å². The number of nitrogens with zero attached hydrogens (tertiary/aromatic N) is 3. The fourth-order valence-electron chi connectivity index (χ4n) is 4.82. The van der Waals surface area contributed by atoms with Crippen molar-refractivity contribution in [1.29, 1.82) is 0 Å². The molecule has 0 bridgehead atoms. The molecule has 1 aromatic heterocycles. The van der Waals surface area contributed by atoms with Gasteiger partial charge in [-0.25, -0.2) is 4.98 Å². The lowest BCUT2D eigenvalue weighted by Crippen LogP contribution is -2.44. The summed E-state index contributed by atoms with van der Waals surface area (Å²) in [4.78, 5) is 25.8. The molecule has 2 aromatic carbocycles. The van der Waals surface area contributed by atoms with E-state index >= 15 is 0 Å². The van der Waals surface area contributed by atoms with E-state index < -0.39 is 0 Å². The highest BCUT2D eigenvalue weighted by atomic mass is 35.5. The highest BCUT2D eigenvalue weighted by Gasteiger charge is 2.38. The Morgan fingerprint density at radius 3 is 2.62 bits per heavy atom. The van der Waals surface area contributed by atoms with Gasteiger partial charge in [0.05, 0.1) is 11.0 Å². The first-order valence-corrected chi connectivity index (χ1v) is 10.8. The van der Waals surface area contributed by atoms with Crippen LogP contribution in [-0.2, 0) is 0 Å². The zero-order valence-electron chi connectivity index (χ0n) is 16.6. The molecule has 2 fully saturated rings. The predicted molar refractivity (Wildman–Crippen MR) is 116 cm³/mol. The van der Waals surface area contributed by atoms with Crippen LogP contribution in [-0.4, -0.2) is 57.4 Å². The summed E-state index contributed by atoms with van der Waals surface area (Å²) in [6, 6.07) is 14.1. The minimum atomic E-state index is 0.115. The maximum absolute atomic E-state index is 13.2. The zero-order valence-corrected chi connectivity index (χ0v) is 17.3. The van der Waals surface area contributed by atoms with Gasteiger partial charge in [0.2, 0.25) is 0 Å². The molecule has 5 nitrogen and oxygen atoms in total. The van der Waals surface area contributed by atoms with Crippen LogP contribution in [0.4, 0.5) is 0 Å². The normalized spacial score (nSPS) is 22.6. The van der Waals surface area contributed by atoms with E-state index in [4.69, 9.17) is 11.6 Å². The SMILES string of the molecule is CC1C(N2CCCC2)CCN1C(=O)c1ccc2nc(-c3ccc(Cl)cc3)[nH]c2c1. The maximum Gasteiger partial charge on any atom is 0.254 e. The maximum atomic E-state index is 13.2. The second kappa shape index (κ2) is 7.47. The second-order valence-corrected chi connectivity index (χ2v) is 8.60. The standard InChI is InChI=1S/C23H25ClN4O/c1-15-21(27-11-2-3-12-27)10-13-28(15)23(29)17-6-9-19-20(14-17)26-22(25-19)16-4-7-18(24)8-5-16/h4-9,14-15,21H,2-3,10-13H2,1H3,(H,25,26). The monoisotopic (exact) mass is 408 g/mol. The lowest BCUT2D eigenvalue weighted by molar-refractivity contribution is 0.0712. The molecule has 2 aliphatic rings. The van der Waals surface area contributed by atoms with Gasteiger partial charge in [0.1, 0.15) is 5.82 Å². The smallest absolute Gasteiger partial charge is 0.254 e. The first kappa shape index (κ1) is 18.6. The summed E-state index contributed by atoms with van der Waals surface area (Å²) in [5.41, 5.74) is 3.43. The van der Waals surface area contributed by atoms with Gasteiger partial charge in [-0.1, -0.05) is 11.6 Å². The molecule has 1 amide bonds. The van der Waals surface area contributed by atoms with Crippen molar-refractivity contribution in [3.8, 4) is 11.4 Å². The Hall–Kier alpha value is -2.37. The topological polar surface area (TPSA) is 52.2 Å². The van der Waals surface area contributed by atoms with Gasteiger partial charge >= 0.3 is 0 Å². The van der Waals surface area contributed by atoms with Gasteiger partial charge in [0.25, 0.3) is 5.91 Å². The molecule has 150 valence electrons. The molecule has 0 aliphatic carbocycles. The summed E-state index contributed by atoms with van der Waals surface area (Å²) in [6.45, 7) is 5.37. The quantitative estimate of drug-likeness (QED) is 0.690. The van der Waals surface area contributed by atoms with Gasteiger partial charge in [0.15, 0.2) is 0 Å². The van der Waals surface area contributed by atoms with Gasteiger partial charge in [0, 0.05) is 34.8 Å². The molecule has 2 atom stereocenters. The lowest BCUT2D eigenvalue weighted by Gasteiger charge is -2.30. The number of aromatic amines is 1. The Bertz CT molecular complexity index is 1040. The Morgan fingerprint density at radius 1 is 1.10 bits per heavy atom. The Balaban J connectivity index is 1.38. The number of amides is 1. The molecule has 29 heavy (non-hydrogen) atoms. The summed E-state index contributed by atoms with van der Waals surface area (Å²) in [5.74, 6) is 0.897. The molecule has 3 aromatic rings. The molecule has 5 rings (SSSR count). The number of hydrogen-bond acceptors (Lipinski definition) is 3. The molecule has 2 unspecified atom stereocenters. The van der Waals surface area contributed by atoms with E-state index in [1.807, 2.05) is 47.4 Å². The van der Waals surface area contributed by atoms with Crippen LogP contribution in [0.5, 0.6) is 0 Å². The fourth-order valence-corrected chi connectivity index (χ4v) is 4.95. The Labute approximate surface area is 175 Å². The van der Waals surface area contributed by atoms with Crippen molar-refractivity contribution in [2.75, 3.05) is 19.6 Å².